The van der Waals surface area contributed by atoms with Crippen LogP contribution in [0.1, 0.15) is 50.9 Å². The van der Waals surface area contributed by atoms with E-state index in [0.717, 1.165) is 28.7 Å². The van der Waals surface area contributed by atoms with Crippen molar-refractivity contribution in [2.75, 3.05) is 7.11 Å². The first-order valence-corrected chi connectivity index (χ1v) is 11.8. The van der Waals surface area contributed by atoms with E-state index in [2.05, 4.69) is 0 Å². The molecule has 0 radical (unpaired) electrons. The van der Waals surface area contributed by atoms with Crippen molar-refractivity contribution in [3.05, 3.63) is 95.2 Å². The molecule has 2 aromatic carbocycles. The number of rotatable bonds is 9. The number of phenols is 1. The van der Waals surface area contributed by atoms with Crippen LogP contribution in [-0.2, 0) is 20.9 Å². The Morgan fingerprint density at radius 2 is 1.83 bits per heavy atom. The molecule has 1 heterocycles. The van der Waals surface area contributed by atoms with Gasteiger partial charge in [0, 0.05) is 11.1 Å². The average molecular weight is 472 g/mol. The van der Waals surface area contributed by atoms with Crippen LogP contribution in [0.2, 0.25) is 0 Å². The molecule has 0 bridgehead atoms. The molecular formula is C30H33NO4. The standard InChI is InChI=1S/C30H33NO4/c1-6-20(3)27(30(33)34-5)29(35-19-22-12-9-8-10-13-22)25-16-17-26(31-28(25)21(4)7-2)23-14-11-15-24(32)18-23/h7-18,20,32H,6,19H2,1-5H3/b21-7-,29-27-. The summed E-state index contributed by atoms with van der Waals surface area (Å²) in [6.45, 7) is 8.26. The number of nitrogens with zero attached hydrogens (tertiary/aromatic N) is 1. The lowest BCUT2D eigenvalue weighted by Gasteiger charge is -2.22. The Bertz CT molecular complexity index is 1230. The van der Waals surface area contributed by atoms with Gasteiger partial charge in [0.25, 0.3) is 0 Å². The quantitative estimate of drug-likeness (QED) is 0.206. The predicted octanol–water partition coefficient (Wildman–Crippen LogP) is 7.02. The Labute approximate surface area is 207 Å². The lowest BCUT2D eigenvalue weighted by Crippen LogP contribution is -2.16. The fourth-order valence-electron chi connectivity index (χ4n) is 3.77. The molecule has 0 aliphatic rings. The summed E-state index contributed by atoms with van der Waals surface area (Å²) < 4.78 is 11.6. The van der Waals surface area contributed by atoms with Gasteiger partial charge in [0.05, 0.1) is 24.1 Å². The molecule has 5 nitrogen and oxygen atoms in total. The second kappa shape index (κ2) is 12.0. The van der Waals surface area contributed by atoms with Crippen molar-refractivity contribution in [1.29, 1.82) is 0 Å². The van der Waals surface area contributed by atoms with Gasteiger partial charge >= 0.3 is 5.97 Å². The fourth-order valence-corrected chi connectivity index (χ4v) is 3.77. The third-order valence-electron chi connectivity index (χ3n) is 6.07. The number of aromatic hydroxyl groups is 1. The Morgan fingerprint density at radius 3 is 2.46 bits per heavy atom. The number of phenolic OH excluding ortho intramolecular Hbond substituents is 1. The van der Waals surface area contributed by atoms with Gasteiger partial charge in [-0.2, -0.15) is 0 Å². The van der Waals surface area contributed by atoms with Crippen molar-refractivity contribution in [2.45, 2.75) is 40.7 Å². The van der Waals surface area contributed by atoms with E-state index in [1.807, 2.05) is 82.3 Å². The summed E-state index contributed by atoms with van der Waals surface area (Å²) in [7, 11) is 1.39. The number of methoxy groups -OCH3 is 1. The molecule has 35 heavy (non-hydrogen) atoms. The number of allylic oxidation sites excluding steroid dienone is 2. The van der Waals surface area contributed by atoms with Gasteiger partial charge in [0.2, 0.25) is 0 Å². The zero-order chi connectivity index (χ0) is 25.4. The molecule has 1 N–H and O–H groups in total. The topological polar surface area (TPSA) is 68.7 Å². The number of ether oxygens (including phenoxy) is 2. The van der Waals surface area contributed by atoms with Crippen LogP contribution in [0.25, 0.3) is 22.6 Å². The molecule has 182 valence electrons. The van der Waals surface area contributed by atoms with Gasteiger partial charge in [-0.05, 0) is 61.6 Å². The van der Waals surface area contributed by atoms with Crippen LogP contribution in [-0.4, -0.2) is 23.2 Å². The summed E-state index contributed by atoms with van der Waals surface area (Å²) in [6.07, 6.45) is 2.73. The fraction of sp³-hybridized carbons (Fsp3) is 0.267. The minimum absolute atomic E-state index is 0.0854. The molecule has 0 amide bonds. The number of hydrogen-bond acceptors (Lipinski definition) is 5. The largest absolute Gasteiger partial charge is 0.508 e. The van der Waals surface area contributed by atoms with Crippen molar-refractivity contribution in [1.82, 2.24) is 4.98 Å². The van der Waals surface area contributed by atoms with Gasteiger partial charge < -0.3 is 14.6 Å². The molecule has 3 rings (SSSR count). The van der Waals surface area contributed by atoms with E-state index in [4.69, 9.17) is 14.5 Å². The van der Waals surface area contributed by atoms with Crippen molar-refractivity contribution >= 4 is 17.3 Å². The Kier molecular flexibility index (Phi) is 8.85. The Hall–Kier alpha value is -3.86. The minimum Gasteiger partial charge on any atom is -0.508 e. The summed E-state index contributed by atoms with van der Waals surface area (Å²) in [6, 6.07) is 20.7. The number of carbonyl (C=O) groups excluding carboxylic acids is 1. The summed E-state index contributed by atoms with van der Waals surface area (Å²) >= 11 is 0. The highest BCUT2D eigenvalue weighted by atomic mass is 16.5. The highest BCUT2D eigenvalue weighted by molar-refractivity contribution is 5.97. The van der Waals surface area contributed by atoms with E-state index >= 15 is 0 Å². The van der Waals surface area contributed by atoms with Crippen molar-refractivity contribution < 1.29 is 19.4 Å². The maximum absolute atomic E-state index is 13.0. The van der Waals surface area contributed by atoms with E-state index in [1.54, 1.807) is 18.2 Å². The first-order chi connectivity index (χ1) is 16.9. The molecule has 0 aliphatic carbocycles. The maximum Gasteiger partial charge on any atom is 0.337 e. The summed E-state index contributed by atoms with van der Waals surface area (Å²) in [5.41, 5.74) is 5.37. The monoisotopic (exact) mass is 471 g/mol. The van der Waals surface area contributed by atoms with Crippen molar-refractivity contribution in [3.63, 3.8) is 0 Å². The maximum atomic E-state index is 13.0. The molecule has 0 aliphatic heterocycles. The highest BCUT2D eigenvalue weighted by Gasteiger charge is 2.27. The minimum atomic E-state index is -0.413. The van der Waals surface area contributed by atoms with Crippen molar-refractivity contribution in [2.24, 2.45) is 5.92 Å². The summed E-state index contributed by atoms with van der Waals surface area (Å²) in [4.78, 5) is 17.9. The SMILES string of the molecule is C/C=C(/C)c1nc(-c2cccc(O)c2)ccc1/C(OCc1ccccc1)=C(/C(=O)OC)C(C)CC. The number of carbonyl (C=O) groups is 1. The molecule has 1 aromatic heterocycles. The molecule has 0 spiro atoms. The first kappa shape index (κ1) is 25.8. The van der Waals surface area contributed by atoms with Crippen LogP contribution < -0.4 is 0 Å². The number of esters is 1. The van der Waals surface area contributed by atoms with Crippen LogP contribution in [0.15, 0.2) is 78.4 Å². The summed E-state index contributed by atoms with van der Waals surface area (Å²) in [5.74, 6) is 0.150. The van der Waals surface area contributed by atoms with Crippen LogP contribution in [0.3, 0.4) is 0 Å². The van der Waals surface area contributed by atoms with Gasteiger partial charge in [-0.3, -0.25) is 0 Å². The van der Waals surface area contributed by atoms with Crippen LogP contribution in [0.4, 0.5) is 0 Å². The van der Waals surface area contributed by atoms with E-state index < -0.39 is 5.97 Å². The number of pyridine rings is 1. The van der Waals surface area contributed by atoms with E-state index in [1.165, 1.54) is 7.11 Å². The zero-order valence-electron chi connectivity index (χ0n) is 21.0. The first-order valence-electron chi connectivity index (χ1n) is 11.8. The third kappa shape index (κ3) is 6.18. The number of benzene rings is 2. The van der Waals surface area contributed by atoms with Gasteiger partial charge in [-0.1, -0.05) is 62.4 Å². The Balaban J connectivity index is 2.24. The lowest BCUT2D eigenvalue weighted by atomic mass is 9.92. The predicted molar refractivity (Wildman–Crippen MR) is 140 cm³/mol. The highest BCUT2D eigenvalue weighted by Crippen LogP contribution is 2.34. The van der Waals surface area contributed by atoms with E-state index in [-0.39, 0.29) is 11.7 Å². The summed E-state index contributed by atoms with van der Waals surface area (Å²) in [5, 5.41) is 9.95. The second-order valence-corrected chi connectivity index (χ2v) is 8.43. The lowest BCUT2D eigenvalue weighted by molar-refractivity contribution is -0.136. The number of aromatic nitrogens is 1. The van der Waals surface area contributed by atoms with Crippen molar-refractivity contribution in [3.8, 4) is 17.0 Å². The molecule has 5 heteroatoms. The van der Waals surface area contributed by atoms with Crippen LogP contribution >= 0.6 is 0 Å². The van der Waals surface area contributed by atoms with E-state index in [9.17, 15) is 9.90 Å². The third-order valence-corrected chi connectivity index (χ3v) is 6.07. The van der Waals surface area contributed by atoms with E-state index in [0.29, 0.717) is 29.3 Å². The van der Waals surface area contributed by atoms with Gasteiger partial charge in [-0.25, -0.2) is 9.78 Å². The number of hydrogen-bond donors (Lipinski definition) is 1. The van der Waals surface area contributed by atoms with Gasteiger partial charge in [0.1, 0.15) is 18.1 Å². The molecule has 0 saturated carbocycles. The molecule has 1 unspecified atom stereocenters. The van der Waals surface area contributed by atoms with Crippen LogP contribution in [0.5, 0.6) is 5.75 Å². The normalized spacial score (nSPS) is 13.1. The molecule has 1 atom stereocenters. The second-order valence-electron chi connectivity index (χ2n) is 8.43. The van der Waals surface area contributed by atoms with Crippen LogP contribution in [0, 0.1) is 5.92 Å². The zero-order valence-corrected chi connectivity index (χ0v) is 21.0. The molecule has 0 fully saturated rings. The average Bonchev–Trinajstić information content (AvgIpc) is 2.90. The molecular weight excluding hydrogens is 438 g/mol. The van der Waals surface area contributed by atoms with Gasteiger partial charge in [0.15, 0.2) is 0 Å². The van der Waals surface area contributed by atoms with Gasteiger partial charge in [-0.15, -0.1) is 0 Å². The smallest absolute Gasteiger partial charge is 0.337 e. The molecule has 3 aromatic rings. The molecule has 0 saturated heterocycles. The Morgan fingerprint density at radius 1 is 1.09 bits per heavy atom.